The smallest absolute Gasteiger partial charge is 0.264 e. The zero-order chi connectivity index (χ0) is 18.4. The molecule has 0 fully saturated rings. The number of anilines is 1. The first-order chi connectivity index (χ1) is 11.7. The molecule has 10 heteroatoms. The second-order valence-corrected chi connectivity index (χ2v) is 7.63. The molecule has 0 radical (unpaired) electrons. The van der Waals surface area contributed by atoms with E-state index in [1.54, 1.807) is 29.8 Å². The topological polar surface area (TPSA) is 73.2 Å². The number of methoxy groups -OCH3 is 1. The lowest BCUT2D eigenvalue weighted by atomic mass is 10.2. The third-order valence-electron chi connectivity index (χ3n) is 3.54. The summed E-state index contributed by atoms with van der Waals surface area (Å²) in [5, 5.41) is 0.539. The summed E-state index contributed by atoms with van der Waals surface area (Å²) in [7, 11) is -1.07. The van der Waals surface area contributed by atoms with E-state index in [2.05, 4.69) is 9.71 Å². The van der Waals surface area contributed by atoms with Crippen LogP contribution in [0.25, 0.3) is 10.9 Å². The van der Waals surface area contributed by atoms with Crippen molar-refractivity contribution in [3.05, 3.63) is 46.5 Å². The average Bonchev–Trinajstić information content (AvgIpc) is 2.88. The van der Waals surface area contributed by atoms with Crippen LogP contribution in [0.4, 0.5) is 10.1 Å². The van der Waals surface area contributed by atoms with Gasteiger partial charge >= 0.3 is 0 Å². The normalized spacial score (nSPS) is 11.7. The van der Waals surface area contributed by atoms with Gasteiger partial charge in [-0.25, -0.2) is 12.8 Å². The molecule has 0 aliphatic carbocycles. The summed E-state index contributed by atoms with van der Waals surface area (Å²) in [4.78, 5) is 3.68. The predicted octanol–water partition coefficient (Wildman–Crippen LogP) is 3.83. The predicted molar refractivity (Wildman–Crippen MR) is 94.5 cm³/mol. The summed E-state index contributed by atoms with van der Waals surface area (Å²) in [6.45, 7) is 0. The molecule has 0 saturated carbocycles. The van der Waals surface area contributed by atoms with E-state index in [1.807, 2.05) is 0 Å². The Morgan fingerprint density at radius 3 is 2.68 bits per heavy atom. The number of hydrogen-bond acceptors (Lipinski definition) is 4. The van der Waals surface area contributed by atoms with E-state index in [1.165, 1.54) is 13.3 Å². The molecule has 0 spiro atoms. The third kappa shape index (κ3) is 3.24. The van der Waals surface area contributed by atoms with E-state index in [9.17, 15) is 12.8 Å². The van der Waals surface area contributed by atoms with Gasteiger partial charge in [-0.3, -0.25) is 4.72 Å². The standard InChI is InChI=1S/C15H12Cl2FN3O3S/c1-21-7-13(9-4-3-8(16)5-12(9)21)25(22,23)20-11-6-10(18)14(17)19-15(11)24-2/h3-7,20H,1-2H3. The Labute approximate surface area is 153 Å². The first-order valence-electron chi connectivity index (χ1n) is 6.90. The molecule has 1 aromatic carbocycles. The van der Waals surface area contributed by atoms with Gasteiger partial charge in [0, 0.05) is 29.7 Å². The fourth-order valence-electron chi connectivity index (χ4n) is 2.41. The second-order valence-electron chi connectivity index (χ2n) is 5.19. The Kier molecular flexibility index (Phi) is 4.52. The molecule has 0 unspecified atom stereocenters. The minimum atomic E-state index is -4.04. The highest BCUT2D eigenvalue weighted by atomic mass is 35.5. The molecule has 0 saturated heterocycles. The van der Waals surface area contributed by atoms with Crippen molar-refractivity contribution in [2.24, 2.45) is 7.05 Å². The van der Waals surface area contributed by atoms with Crippen LogP contribution >= 0.6 is 23.2 Å². The Bertz CT molecular complexity index is 1080. The van der Waals surface area contributed by atoms with Gasteiger partial charge in [-0.2, -0.15) is 4.98 Å². The van der Waals surface area contributed by atoms with Crippen LogP contribution < -0.4 is 9.46 Å². The molecule has 25 heavy (non-hydrogen) atoms. The summed E-state index contributed by atoms with van der Waals surface area (Å²) < 4.78 is 48.1. The van der Waals surface area contributed by atoms with Gasteiger partial charge in [0.15, 0.2) is 11.0 Å². The number of aryl methyl sites for hydroxylation is 1. The number of rotatable bonds is 4. The second kappa shape index (κ2) is 6.36. The number of nitrogens with zero attached hydrogens (tertiary/aromatic N) is 2. The van der Waals surface area contributed by atoms with Gasteiger partial charge in [0.25, 0.3) is 10.0 Å². The molecule has 1 N–H and O–H groups in total. The molecule has 6 nitrogen and oxygen atoms in total. The number of sulfonamides is 1. The van der Waals surface area contributed by atoms with Crippen molar-refractivity contribution in [3.63, 3.8) is 0 Å². The van der Waals surface area contributed by atoms with Gasteiger partial charge in [0.2, 0.25) is 5.88 Å². The monoisotopic (exact) mass is 403 g/mol. The van der Waals surface area contributed by atoms with E-state index >= 15 is 0 Å². The molecule has 2 aromatic heterocycles. The number of fused-ring (bicyclic) bond motifs is 1. The van der Waals surface area contributed by atoms with E-state index in [4.69, 9.17) is 27.9 Å². The van der Waals surface area contributed by atoms with Gasteiger partial charge in [-0.05, 0) is 18.2 Å². The van der Waals surface area contributed by atoms with Crippen molar-refractivity contribution < 1.29 is 17.5 Å². The number of pyridine rings is 1. The molecule has 2 heterocycles. The minimum absolute atomic E-state index is 0.0130. The van der Waals surface area contributed by atoms with E-state index in [-0.39, 0.29) is 16.5 Å². The Balaban J connectivity index is 2.11. The van der Waals surface area contributed by atoms with Gasteiger partial charge in [0.1, 0.15) is 10.6 Å². The molecule has 132 valence electrons. The molecule has 0 aliphatic rings. The van der Waals surface area contributed by atoms with E-state index < -0.39 is 21.0 Å². The quantitative estimate of drug-likeness (QED) is 0.671. The first-order valence-corrected chi connectivity index (χ1v) is 9.14. The van der Waals surface area contributed by atoms with Crippen LogP contribution in [0.1, 0.15) is 0 Å². The zero-order valence-electron chi connectivity index (χ0n) is 13.0. The number of hydrogen-bond donors (Lipinski definition) is 1. The molecule has 3 aromatic rings. The van der Waals surface area contributed by atoms with Gasteiger partial charge < -0.3 is 9.30 Å². The molecule has 0 aliphatic heterocycles. The molecular weight excluding hydrogens is 392 g/mol. The Hall–Kier alpha value is -2.03. The largest absolute Gasteiger partial charge is 0.479 e. The number of halogens is 3. The van der Waals surface area contributed by atoms with Crippen LogP contribution in [-0.2, 0) is 17.1 Å². The van der Waals surface area contributed by atoms with Crippen molar-refractivity contribution in [1.82, 2.24) is 9.55 Å². The zero-order valence-corrected chi connectivity index (χ0v) is 15.4. The van der Waals surface area contributed by atoms with E-state index in [0.717, 1.165) is 6.07 Å². The summed E-state index contributed by atoms with van der Waals surface area (Å²) in [6, 6.07) is 5.75. The van der Waals surface area contributed by atoms with Crippen molar-refractivity contribution in [3.8, 4) is 5.88 Å². The van der Waals surface area contributed by atoms with Gasteiger partial charge in [0.05, 0.1) is 12.6 Å². The highest BCUT2D eigenvalue weighted by molar-refractivity contribution is 7.93. The summed E-state index contributed by atoms with van der Waals surface area (Å²) >= 11 is 11.5. The van der Waals surface area contributed by atoms with Crippen molar-refractivity contribution in [2.45, 2.75) is 4.90 Å². The lowest BCUT2D eigenvalue weighted by Gasteiger charge is -2.11. The van der Waals surface area contributed by atoms with Crippen LogP contribution in [0.15, 0.2) is 35.4 Å². The van der Waals surface area contributed by atoms with Crippen molar-refractivity contribution in [2.75, 3.05) is 11.8 Å². The number of benzene rings is 1. The van der Waals surface area contributed by atoms with Crippen LogP contribution in [0.2, 0.25) is 10.2 Å². The third-order valence-corrected chi connectivity index (χ3v) is 5.43. The fourth-order valence-corrected chi connectivity index (χ4v) is 4.02. The number of ether oxygens (including phenoxy) is 1. The highest BCUT2D eigenvalue weighted by Crippen LogP contribution is 2.32. The summed E-state index contributed by atoms with van der Waals surface area (Å²) in [6.07, 6.45) is 1.44. The molecule has 0 amide bonds. The molecule has 3 rings (SSSR count). The van der Waals surface area contributed by atoms with Crippen molar-refractivity contribution in [1.29, 1.82) is 0 Å². The van der Waals surface area contributed by atoms with Crippen molar-refractivity contribution >= 4 is 49.8 Å². The lowest BCUT2D eigenvalue weighted by molar-refractivity contribution is 0.398. The fraction of sp³-hybridized carbons (Fsp3) is 0.133. The molecular formula is C15H12Cl2FN3O3S. The summed E-state index contributed by atoms with van der Waals surface area (Å²) in [5.41, 5.74) is 0.482. The Morgan fingerprint density at radius 1 is 1.28 bits per heavy atom. The van der Waals surface area contributed by atoms with Crippen LogP contribution in [0, 0.1) is 5.82 Å². The Morgan fingerprint density at radius 2 is 2.00 bits per heavy atom. The lowest BCUT2D eigenvalue weighted by Crippen LogP contribution is -2.14. The maximum atomic E-state index is 13.7. The number of nitrogens with one attached hydrogen (secondary N) is 1. The van der Waals surface area contributed by atoms with Gasteiger partial charge in [-0.15, -0.1) is 0 Å². The highest BCUT2D eigenvalue weighted by Gasteiger charge is 2.23. The van der Waals surface area contributed by atoms with Crippen LogP contribution in [-0.4, -0.2) is 25.1 Å². The SMILES string of the molecule is COc1nc(Cl)c(F)cc1NS(=O)(=O)c1cn(C)c2cc(Cl)ccc12. The van der Waals surface area contributed by atoms with Crippen LogP contribution in [0.5, 0.6) is 5.88 Å². The van der Waals surface area contributed by atoms with E-state index in [0.29, 0.717) is 15.9 Å². The minimum Gasteiger partial charge on any atom is -0.479 e. The van der Waals surface area contributed by atoms with Gasteiger partial charge in [-0.1, -0.05) is 23.2 Å². The average molecular weight is 404 g/mol. The number of aromatic nitrogens is 2. The summed E-state index contributed by atoms with van der Waals surface area (Å²) in [5.74, 6) is -1.01. The maximum Gasteiger partial charge on any atom is 0.264 e. The maximum absolute atomic E-state index is 13.7. The molecule has 0 atom stereocenters. The molecule has 0 bridgehead atoms. The van der Waals surface area contributed by atoms with Crippen LogP contribution in [0.3, 0.4) is 0 Å². The first kappa shape index (κ1) is 17.8.